The van der Waals surface area contributed by atoms with Crippen LogP contribution in [0.3, 0.4) is 0 Å². The highest BCUT2D eigenvalue weighted by Gasteiger charge is 2.17. The van der Waals surface area contributed by atoms with Gasteiger partial charge in [0.1, 0.15) is 5.75 Å². The van der Waals surface area contributed by atoms with Gasteiger partial charge in [-0.3, -0.25) is 0 Å². The largest absolute Gasteiger partial charge is 0.497 e. The first-order chi connectivity index (χ1) is 9.58. The van der Waals surface area contributed by atoms with Crippen molar-refractivity contribution >= 4 is 12.6 Å². The molecule has 2 N–H and O–H groups in total. The lowest BCUT2D eigenvalue weighted by molar-refractivity contribution is 0.135. The van der Waals surface area contributed by atoms with Crippen LogP contribution in [0.1, 0.15) is 18.9 Å². The number of hydrogen-bond acceptors (Lipinski definition) is 5. The summed E-state index contributed by atoms with van der Waals surface area (Å²) in [6.45, 7) is 5.19. The summed E-state index contributed by atoms with van der Waals surface area (Å²) in [5.41, 5.74) is 1.42. The van der Waals surface area contributed by atoms with Gasteiger partial charge in [0.15, 0.2) is 0 Å². The SMILES string of the molecule is CCOCCCN(C)Cc1ccc(OC)c(B(O)O)c1. The molecule has 1 rings (SSSR count). The van der Waals surface area contributed by atoms with Crippen LogP contribution in [0.15, 0.2) is 18.2 Å². The van der Waals surface area contributed by atoms with E-state index in [-0.39, 0.29) is 0 Å². The molecule has 0 unspecified atom stereocenters. The van der Waals surface area contributed by atoms with Crippen molar-refractivity contribution in [2.45, 2.75) is 19.9 Å². The van der Waals surface area contributed by atoms with Gasteiger partial charge in [0.05, 0.1) is 7.11 Å². The molecule has 0 fully saturated rings. The van der Waals surface area contributed by atoms with Crippen molar-refractivity contribution in [2.24, 2.45) is 0 Å². The minimum atomic E-state index is -1.52. The highest BCUT2D eigenvalue weighted by Crippen LogP contribution is 2.11. The van der Waals surface area contributed by atoms with Crippen molar-refractivity contribution in [3.63, 3.8) is 0 Å². The van der Waals surface area contributed by atoms with Crippen LogP contribution in [0, 0.1) is 0 Å². The van der Waals surface area contributed by atoms with E-state index in [9.17, 15) is 10.0 Å². The van der Waals surface area contributed by atoms with Gasteiger partial charge in [-0.25, -0.2) is 0 Å². The fourth-order valence-electron chi connectivity index (χ4n) is 2.06. The molecule has 20 heavy (non-hydrogen) atoms. The second-order valence-corrected chi connectivity index (χ2v) is 4.74. The monoisotopic (exact) mass is 281 g/mol. The van der Waals surface area contributed by atoms with Gasteiger partial charge >= 0.3 is 7.12 Å². The van der Waals surface area contributed by atoms with Crippen LogP contribution in [0.2, 0.25) is 0 Å². The number of methoxy groups -OCH3 is 1. The molecule has 0 aliphatic carbocycles. The third kappa shape index (κ3) is 5.50. The third-order valence-corrected chi connectivity index (χ3v) is 3.06. The smallest absolute Gasteiger partial charge is 0.492 e. The molecule has 0 saturated carbocycles. The number of ether oxygens (including phenoxy) is 2. The minimum absolute atomic E-state index is 0.396. The van der Waals surface area contributed by atoms with E-state index in [0.717, 1.165) is 38.3 Å². The van der Waals surface area contributed by atoms with Crippen LogP contribution in [-0.4, -0.2) is 56.0 Å². The van der Waals surface area contributed by atoms with Crippen LogP contribution in [0.4, 0.5) is 0 Å². The fraction of sp³-hybridized carbons (Fsp3) is 0.571. The lowest BCUT2D eigenvalue weighted by Crippen LogP contribution is -2.32. The number of benzene rings is 1. The second kappa shape index (κ2) is 8.97. The lowest BCUT2D eigenvalue weighted by atomic mass is 9.78. The Morgan fingerprint density at radius 1 is 1.30 bits per heavy atom. The maximum absolute atomic E-state index is 9.34. The first kappa shape index (κ1) is 17.0. The van der Waals surface area contributed by atoms with E-state index in [1.54, 1.807) is 12.1 Å². The van der Waals surface area contributed by atoms with Crippen molar-refractivity contribution < 1.29 is 19.5 Å². The normalized spacial score (nSPS) is 10.9. The summed E-state index contributed by atoms with van der Waals surface area (Å²) in [5, 5.41) is 18.7. The van der Waals surface area contributed by atoms with Gasteiger partial charge in [-0.2, -0.15) is 0 Å². The molecule has 0 aliphatic rings. The molecule has 5 nitrogen and oxygen atoms in total. The van der Waals surface area contributed by atoms with Crippen LogP contribution < -0.4 is 10.2 Å². The van der Waals surface area contributed by atoms with Crippen molar-refractivity contribution in [3.8, 4) is 5.75 Å². The highest BCUT2D eigenvalue weighted by molar-refractivity contribution is 6.59. The predicted octanol–water partition coefficient (Wildman–Crippen LogP) is 0.233. The molecular formula is C14H24BNO4. The van der Waals surface area contributed by atoms with Gasteiger partial charge in [-0.1, -0.05) is 12.1 Å². The van der Waals surface area contributed by atoms with Gasteiger partial charge in [-0.05, 0) is 32.0 Å². The molecule has 0 amide bonds. The molecule has 1 aromatic carbocycles. The standard InChI is InChI=1S/C14H24BNO4/c1-4-20-9-5-8-16(2)11-12-6-7-14(19-3)13(10-12)15(17)18/h6-7,10,17-18H,4-5,8-9,11H2,1-3H3. The Balaban J connectivity index is 2.57. The van der Waals surface area contributed by atoms with Crippen molar-refractivity contribution in [1.29, 1.82) is 0 Å². The van der Waals surface area contributed by atoms with Gasteiger partial charge in [0.25, 0.3) is 0 Å². The number of nitrogens with zero attached hydrogens (tertiary/aromatic N) is 1. The Bertz CT molecular complexity index is 401. The van der Waals surface area contributed by atoms with Crippen LogP contribution in [0.25, 0.3) is 0 Å². The highest BCUT2D eigenvalue weighted by atomic mass is 16.5. The molecule has 112 valence electrons. The van der Waals surface area contributed by atoms with Crippen molar-refractivity contribution in [1.82, 2.24) is 4.90 Å². The predicted molar refractivity (Wildman–Crippen MR) is 80.3 cm³/mol. The summed E-state index contributed by atoms with van der Waals surface area (Å²) in [6.07, 6.45) is 0.982. The van der Waals surface area contributed by atoms with E-state index in [4.69, 9.17) is 9.47 Å². The van der Waals surface area contributed by atoms with Crippen LogP contribution in [0.5, 0.6) is 5.75 Å². The summed E-state index contributed by atoms with van der Waals surface area (Å²) in [4.78, 5) is 2.17. The molecule has 0 spiro atoms. The first-order valence-electron chi connectivity index (χ1n) is 6.87. The number of rotatable bonds is 9. The fourth-order valence-corrected chi connectivity index (χ4v) is 2.06. The van der Waals surface area contributed by atoms with E-state index in [1.165, 1.54) is 7.11 Å². The lowest BCUT2D eigenvalue weighted by Gasteiger charge is -2.18. The summed E-state index contributed by atoms with van der Waals surface area (Å²) in [7, 11) is 2.03. The van der Waals surface area contributed by atoms with E-state index in [1.807, 2.05) is 20.0 Å². The topological polar surface area (TPSA) is 62.2 Å². The second-order valence-electron chi connectivity index (χ2n) is 4.74. The first-order valence-corrected chi connectivity index (χ1v) is 6.87. The Kier molecular flexibility index (Phi) is 7.61. The maximum atomic E-state index is 9.34. The average molecular weight is 281 g/mol. The van der Waals surface area contributed by atoms with Gasteiger partial charge in [0, 0.05) is 31.8 Å². The maximum Gasteiger partial charge on any atom is 0.492 e. The van der Waals surface area contributed by atoms with E-state index in [2.05, 4.69) is 4.90 Å². The molecule has 0 aromatic heterocycles. The zero-order valence-corrected chi connectivity index (χ0v) is 12.5. The van der Waals surface area contributed by atoms with Crippen molar-refractivity contribution in [2.75, 3.05) is 33.9 Å². The van der Waals surface area contributed by atoms with E-state index >= 15 is 0 Å². The molecule has 0 radical (unpaired) electrons. The van der Waals surface area contributed by atoms with E-state index in [0.29, 0.717) is 11.2 Å². The Morgan fingerprint density at radius 2 is 2.05 bits per heavy atom. The van der Waals surface area contributed by atoms with Gasteiger partial charge in [0.2, 0.25) is 0 Å². The summed E-state index contributed by atoms with van der Waals surface area (Å²) >= 11 is 0. The van der Waals surface area contributed by atoms with Gasteiger partial charge < -0.3 is 24.4 Å². The Hall–Kier alpha value is -1.08. The number of hydrogen-bond donors (Lipinski definition) is 2. The molecule has 0 atom stereocenters. The molecule has 0 heterocycles. The zero-order chi connectivity index (χ0) is 15.0. The average Bonchev–Trinajstić information content (AvgIpc) is 2.43. The Morgan fingerprint density at radius 3 is 2.65 bits per heavy atom. The molecule has 0 saturated heterocycles. The van der Waals surface area contributed by atoms with Crippen LogP contribution in [-0.2, 0) is 11.3 Å². The summed E-state index contributed by atoms with van der Waals surface area (Å²) in [6, 6.07) is 5.46. The molecular weight excluding hydrogens is 257 g/mol. The quantitative estimate of drug-likeness (QED) is 0.501. The van der Waals surface area contributed by atoms with Gasteiger partial charge in [-0.15, -0.1) is 0 Å². The Labute approximate surface area is 121 Å². The minimum Gasteiger partial charge on any atom is -0.497 e. The molecule has 6 heteroatoms. The zero-order valence-electron chi connectivity index (χ0n) is 12.5. The third-order valence-electron chi connectivity index (χ3n) is 3.06. The van der Waals surface area contributed by atoms with Crippen LogP contribution >= 0.6 is 0 Å². The molecule has 0 aliphatic heterocycles. The summed E-state index contributed by atoms with van der Waals surface area (Å²) < 4.78 is 10.4. The van der Waals surface area contributed by atoms with Crippen molar-refractivity contribution in [3.05, 3.63) is 23.8 Å². The van der Waals surface area contributed by atoms with E-state index < -0.39 is 7.12 Å². The summed E-state index contributed by atoms with van der Waals surface area (Å²) in [5.74, 6) is 0.489. The molecule has 0 bridgehead atoms. The molecule has 1 aromatic rings.